The molecule has 98 valence electrons. The molecule has 0 fully saturated rings. The molecule has 17 heavy (non-hydrogen) atoms. The molecule has 1 aromatic heterocycles. The molecule has 0 aromatic carbocycles. The lowest BCUT2D eigenvalue weighted by molar-refractivity contribution is 0.497. The van der Waals surface area contributed by atoms with Crippen LogP contribution >= 0.6 is 11.3 Å². The summed E-state index contributed by atoms with van der Waals surface area (Å²) in [5.41, 5.74) is 0.177. The number of unbranched alkanes of at least 4 members (excludes halogenated alkanes) is 1. The number of aromatic nitrogens is 1. The molecule has 1 N–H and O–H groups in total. The van der Waals surface area contributed by atoms with E-state index in [2.05, 4.69) is 44.9 Å². The fourth-order valence-electron chi connectivity index (χ4n) is 1.62. The highest BCUT2D eigenvalue weighted by Crippen LogP contribution is 2.26. The molecule has 0 spiro atoms. The van der Waals surface area contributed by atoms with Gasteiger partial charge in [-0.2, -0.15) is 0 Å². The molecule has 1 aromatic rings. The van der Waals surface area contributed by atoms with Crippen LogP contribution in [-0.4, -0.2) is 11.0 Å². The highest BCUT2D eigenvalue weighted by Gasteiger charge is 2.17. The van der Waals surface area contributed by atoms with Crippen LogP contribution in [0.2, 0.25) is 0 Å². The molecule has 0 amide bonds. The maximum absolute atomic E-state index is 4.51. The van der Waals surface area contributed by atoms with Crippen molar-refractivity contribution in [3.05, 3.63) is 16.1 Å². The maximum atomic E-state index is 4.51. The van der Waals surface area contributed by atoms with E-state index in [4.69, 9.17) is 0 Å². The Labute approximate surface area is 110 Å². The van der Waals surface area contributed by atoms with Gasteiger partial charge in [0.05, 0.1) is 5.01 Å². The summed E-state index contributed by atoms with van der Waals surface area (Å²) in [6, 6.07) is 0.607. The minimum Gasteiger partial charge on any atom is -0.309 e. The first-order valence-corrected chi connectivity index (χ1v) is 7.43. The van der Waals surface area contributed by atoms with Crippen molar-refractivity contribution in [2.75, 3.05) is 0 Å². The van der Waals surface area contributed by atoms with Crippen LogP contribution in [0, 0.1) is 0 Å². The van der Waals surface area contributed by atoms with Gasteiger partial charge in [-0.15, -0.1) is 11.3 Å². The van der Waals surface area contributed by atoms with Crippen molar-refractivity contribution in [2.24, 2.45) is 0 Å². The summed E-state index contributed by atoms with van der Waals surface area (Å²) in [6.45, 7) is 12.1. The summed E-state index contributed by atoms with van der Waals surface area (Å²) >= 11 is 1.83. The number of thiazole rings is 1. The molecule has 0 saturated heterocycles. The first-order chi connectivity index (χ1) is 7.93. The lowest BCUT2D eigenvalue weighted by Gasteiger charge is -2.14. The molecule has 1 atom stereocenters. The van der Waals surface area contributed by atoms with Gasteiger partial charge in [0, 0.05) is 29.1 Å². The van der Waals surface area contributed by atoms with Gasteiger partial charge in [0.25, 0.3) is 0 Å². The molecule has 0 aliphatic carbocycles. The maximum Gasteiger partial charge on any atom is 0.0981 e. The zero-order valence-electron chi connectivity index (χ0n) is 11.8. The van der Waals surface area contributed by atoms with Gasteiger partial charge in [-0.05, 0) is 13.3 Å². The second-order valence-corrected chi connectivity index (χ2v) is 6.92. The van der Waals surface area contributed by atoms with E-state index in [0.717, 1.165) is 6.54 Å². The fraction of sp³-hybridized carbons (Fsp3) is 0.786. The summed E-state index contributed by atoms with van der Waals surface area (Å²) < 4.78 is 0. The Bertz CT molecular complexity index is 325. The summed E-state index contributed by atoms with van der Waals surface area (Å²) in [5.74, 6) is 0. The molecule has 0 saturated carbocycles. The van der Waals surface area contributed by atoms with Crippen LogP contribution in [0.3, 0.4) is 0 Å². The monoisotopic (exact) mass is 254 g/mol. The molecule has 3 heteroatoms. The third kappa shape index (κ3) is 5.17. The Morgan fingerprint density at radius 2 is 2.12 bits per heavy atom. The molecule has 0 bridgehead atoms. The van der Waals surface area contributed by atoms with Crippen LogP contribution in [0.15, 0.2) is 6.20 Å². The quantitative estimate of drug-likeness (QED) is 0.826. The topological polar surface area (TPSA) is 24.9 Å². The van der Waals surface area contributed by atoms with E-state index < -0.39 is 0 Å². The van der Waals surface area contributed by atoms with Crippen molar-refractivity contribution in [2.45, 2.75) is 71.9 Å². The van der Waals surface area contributed by atoms with E-state index in [1.165, 1.54) is 29.1 Å². The van der Waals surface area contributed by atoms with Gasteiger partial charge in [-0.3, -0.25) is 0 Å². The van der Waals surface area contributed by atoms with Crippen molar-refractivity contribution >= 4 is 11.3 Å². The minimum absolute atomic E-state index is 0.177. The van der Waals surface area contributed by atoms with E-state index in [0.29, 0.717) is 6.04 Å². The van der Waals surface area contributed by atoms with Gasteiger partial charge in [0.1, 0.15) is 0 Å². The van der Waals surface area contributed by atoms with Crippen LogP contribution in [-0.2, 0) is 12.0 Å². The summed E-state index contributed by atoms with van der Waals surface area (Å²) in [5, 5.41) is 4.80. The Hall–Kier alpha value is -0.410. The average Bonchev–Trinajstić information content (AvgIpc) is 2.71. The predicted octanol–water partition coefficient (Wildman–Crippen LogP) is 4.11. The number of hydrogen-bond donors (Lipinski definition) is 1. The van der Waals surface area contributed by atoms with Crippen LogP contribution in [0.4, 0.5) is 0 Å². The first kappa shape index (κ1) is 14.7. The van der Waals surface area contributed by atoms with Gasteiger partial charge >= 0.3 is 0 Å². The molecule has 1 heterocycles. The predicted molar refractivity (Wildman–Crippen MR) is 76.6 cm³/mol. The van der Waals surface area contributed by atoms with E-state index in [1.54, 1.807) is 0 Å². The smallest absolute Gasteiger partial charge is 0.0981 e. The molecular weight excluding hydrogens is 228 g/mol. The molecule has 1 unspecified atom stereocenters. The van der Waals surface area contributed by atoms with Crippen molar-refractivity contribution in [1.29, 1.82) is 0 Å². The van der Waals surface area contributed by atoms with Crippen molar-refractivity contribution in [1.82, 2.24) is 10.3 Å². The highest BCUT2D eigenvalue weighted by molar-refractivity contribution is 7.11. The molecule has 0 aliphatic rings. The minimum atomic E-state index is 0.177. The van der Waals surface area contributed by atoms with E-state index in [9.17, 15) is 0 Å². The Morgan fingerprint density at radius 3 is 2.65 bits per heavy atom. The Morgan fingerprint density at radius 1 is 1.41 bits per heavy atom. The van der Waals surface area contributed by atoms with Gasteiger partial charge < -0.3 is 5.32 Å². The number of nitrogens with one attached hydrogen (secondary N) is 1. The zero-order valence-corrected chi connectivity index (χ0v) is 12.7. The number of nitrogens with zero attached hydrogens (tertiary/aromatic N) is 1. The van der Waals surface area contributed by atoms with Crippen molar-refractivity contribution in [3.63, 3.8) is 0 Å². The lowest BCUT2D eigenvalue weighted by atomic mass is 9.98. The van der Waals surface area contributed by atoms with Gasteiger partial charge in [-0.1, -0.05) is 40.5 Å². The zero-order chi connectivity index (χ0) is 12.9. The summed E-state index contributed by atoms with van der Waals surface area (Å²) in [7, 11) is 0. The summed E-state index contributed by atoms with van der Waals surface area (Å²) in [6.07, 6.45) is 5.87. The van der Waals surface area contributed by atoms with Crippen molar-refractivity contribution in [3.8, 4) is 0 Å². The summed E-state index contributed by atoms with van der Waals surface area (Å²) in [4.78, 5) is 5.85. The van der Waals surface area contributed by atoms with Gasteiger partial charge in [0.15, 0.2) is 0 Å². The SMILES string of the molecule is CCCCC(C)NCc1cnc(C(C)(C)C)s1. The normalized spacial score (nSPS) is 13.9. The molecular formula is C14H26N2S. The van der Waals surface area contributed by atoms with Crippen LogP contribution in [0.1, 0.15) is 63.8 Å². The standard InChI is InChI=1S/C14H26N2S/c1-6-7-8-11(2)15-9-12-10-16-13(17-12)14(3,4)5/h10-11,15H,6-9H2,1-5H3. The number of rotatable bonds is 6. The van der Waals surface area contributed by atoms with Gasteiger partial charge in [0.2, 0.25) is 0 Å². The molecule has 1 rings (SSSR count). The molecule has 2 nitrogen and oxygen atoms in total. The van der Waals surface area contributed by atoms with Crippen LogP contribution < -0.4 is 5.32 Å². The van der Waals surface area contributed by atoms with Crippen molar-refractivity contribution < 1.29 is 0 Å². The van der Waals surface area contributed by atoms with E-state index in [1.807, 2.05) is 17.5 Å². The lowest BCUT2D eigenvalue weighted by Crippen LogP contribution is -2.24. The third-order valence-corrected chi connectivity index (χ3v) is 4.23. The molecule has 0 aliphatic heterocycles. The van der Waals surface area contributed by atoms with Crippen LogP contribution in [0.25, 0.3) is 0 Å². The molecule has 0 radical (unpaired) electrons. The number of hydrogen-bond acceptors (Lipinski definition) is 3. The highest BCUT2D eigenvalue weighted by atomic mass is 32.1. The average molecular weight is 254 g/mol. The Kier molecular flexibility index (Phi) is 5.60. The Balaban J connectivity index is 2.40. The van der Waals surface area contributed by atoms with Gasteiger partial charge in [-0.25, -0.2) is 4.98 Å². The van der Waals surface area contributed by atoms with E-state index >= 15 is 0 Å². The fourth-order valence-corrected chi connectivity index (χ4v) is 2.54. The second kappa shape index (κ2) is 6.50. The van der Waals surface area contributed by atoms with E-state index in [-0.39, 0.29) is 5.41 Å². The second-order valence-electron chi connectivity index (χ2n) is 5.81. The third-order valence-electron chi connectivity index (χ3n) is 2.81. The largest absolute Gasteiger partial charge is 0.309 e. The first-order valence-electron chi connectivity index (χ1n) is 6.62. The van der Waals surface area contributed by atoms with Crippen LogP contribution in [0.5, 0.6) is 0 Å².